The second-order valence-corrected chi connectivity index (χ2v) is 10.6. The van der Waals surface area contributed by atoms with Gasteiger partial charge < -0.3 is 14.6 Å². The van der Waals surface area contributed by atoms with Crippen LogP contribution in [0.2, 0.25) is 5.02 Å². The van der Waals surface area contributed by atoms with Crippen LogP contribution in [0.3, 0.4) is 0 Å². The first-order chi connectivity index (χ1) is 16.9. The number of oxazole rings is 1. The van der Waals surface area contributed by atoms with Crippen molar-refractivity contribution in [1.82, 2.24) is 15.2 Å². The minimum atomic E-state index is -1.36. The van der Waals surface area contributed by atoms with E-state index in [-0.39, 0.29) is 17.4 Å². The van der Waals surface area contributed by atoms with Crippen LogP contribution < -0.4 is 10.2 Å². The zero-order chi connectivity index (χ0) is 24.8. The molecule has 7 nitrogen and oxygen atoms in total. The number of hydrogen-bond donors (Lipinski definition) is 1. The maximum atomic E-state index is 12.6. The van der Waals surface area contributed by atoms with E-state index in [0.29, 0.717) is 23.9 Å². The Morgan fingerprint density at radius 3 is 2.63 bits per heavy atom. The molecule has 35 heavy (non-hydrogen) atoms. The fraction of sp³-hybridized carbons (Fsp3) is 0.385. The molecule has 1 amide bonds. The molecule has 186 valence electrons. The lowest BCUT2D eigenvalue weighted by Gasteiger charge is -2.36. The van der Waals surface area contributed by atoms with Crippen LogP contribution in [0.4, 0.5) is 5.69 Å². The summed E-state index contributed by atoms with van der Waals surface area (Å²) >= 11 is 6.10. The highest BCUT2D eigenvalue weighted by atomic mass is 35.5. The second kappa shape index (κ2) is 11.8. The lowest BCUT2D eigenvalue weighted by molar-refractivity contribution is -0.118. The van der Waals surface area contributed by atoms with E-state index in [2.05, 4.69) is 26.2 Å². The number of halogens is 1. The Kier molecular flexibility index (Phi) is 8.59. The Bertz CT molecular complexity index is 1190. The molecule has 9 heteroatoms. The number of carbonyl (C=O) groups is 1. The normalized spacial score (nSPS) is 15.2. The molecule has 0 aliphatic carbocycles. The summed E-state index contributed by atoms with van der Waals surface area (Å²) in [6.45, 7) is 8.78. The quantitative estimate of drug-likeness (QED) is 0.468. The number of aryl methyl sites for hydroxylation is 2. The van der Waals surface area contributed by atoms with Crippen LogP contribution in [-0.4, -0.2) is 65.0 Å². The summed E-state index contributed by atoms with van der Waals surface area (Å²) in [5, 5.41) is 3.65. The maximum Gasteiger partial charge on any atom is 0.232 e. The summed E-state index contributed by atoms with van der Waals surface area (Å²) in [7, 11) is -1.36. The van der Waals surface area contributed by atoms with Crippen molar-refractivity contribution in [3.8, 4) is 11.5 Å². The number of rotatable bonds is 9. The summed E-state index contributed by atoms with van der Waals surface area (Å²) in [4.78, 5) is 21.5. The molecule has 4 rings (SSSR count). The zero-order valence-electron chi connectivity index (χ0n) is 20.1. The standard InChI is InChI=1S/C26H31ClN4O3S/c1-19-6-3-4-9-23(19)26-29-24(20(2)34-26)17-35(33)18-25(32)28-10-11-30-12-14-31(15-13-30)22-8-5-7-21(27)16-22/h3-9,16H,10-15,17-18H2,1-2H3,(H,28,32)/t35-/m1/s1. The first-order valence-electron chi connectivity index (χ1n) is 11.8. The van der Waals surface area contributed by atoms with Crippen LogP contribution in [0.15, 0.2) is 52.9 Å². The molecule has 1 saturated heterocycles. The fourth-order valence-electron chi connectivity index (χ4n) is 4.15. The molecule has 1 N–H and O–H groups in total. The predicted octanol–water partition coefficient (Wildman–Crippen LogP) is 3.80. The molecular weight excluding hydrogens is 484 g/mol. The average Bonchev–Trinajstić information content (AvgIpc) is 3.19. The van der Waals surface area contributed by atoms with Gasteiger partial charge in [-0.05, 0) is 43.7 Å². The molecular formula is C26H31ClN4O3S. The van der Waals surface area contributed by atoms with Crippen molar-refractivity contribution in [2.75, 3.05) is 49.9 Å². The smallest absolute Gasteiger partial charge is 0.232 e. The number of nitrogens with one attached hydrogen (secondary N) is 1. The predicted molar refractivity (Wildman–Crippen MR) is 141 cm³/mol. The molecule has 2 aromatic carbocycles. The maximum absolute atomic E-state index is 12.6. The van der Waals surface area contributed by atoms with Gasteiger partial charge in [-0.3, -0.25) is 13.9 Å². The number of hydrogen-bond acceptors (Lipinski definition) is 6. The molecule has 3 aromatic rings. The number of carbonyl (C=O) groups excluding carboxylic acids is 1. The molecule has 0 saturated carbocycles. The van der Waals surface area contributed by atoms with Crippen LogP contribution in [0, 0.1) is 13.8 Å². The minimum Gasteiger partial charge on any atom is -0.441 e. The summed E-state index contributed by atoms with van der Waals surface area (Å²) in [5.41, 5.74) is 3.75. The van der Waals surface area contributed by atoms with Gasteiger partial charge in [0.15, 0.2) is 0 Å². The Hall–Kier alpha value is -2.68. The van der Waals surface area contributed by atoms with Gasteiger partial charge in [-0.2, -0.15) is 0 Å². The van der Waals surface area contributed by atoms with Gasteiger partial charge in [0.05, 0.1) is 11.4 Å². The lowest BCUT2D eigenvalue weighted by atomic mass is 10.1. The van der Waals surface area contributed by atoms with Crippen molar-refractivity contribution in [3.05, 3.63) is 70.6 Å². The average molecular weight is 515 g/mol. The second-order valence-electron chi connectivity index (χ2n) is 8.72. The van der Waals surface area contributed by atoms with E-state index < -0.39 is 10.8 Å². The van der Waals surface area contributed by atoms with Gasteiger partial charge in [0.25, 0.3) is 0 Å². The summed E-state index contributed by atoms with van der Waals surface area (Å²) in [6.07, 6.45) is 0. The first-order valence-corrected chi connectivity index (χ1v) is 13.6. The highest BCUT2D eigenvalue weighted by Gasteiger charge is 2.19. The van der Waals surface area contributed by atoms with E-state index in [1.165, 1.54) is 0 Å². The molecule has 0 bridgehead atoms. The van der Waals surface area contributed by atoms with Crippen molar-refractivity contribution >= 4 is 34.0 Å². The number of aromatic nitrogens is 1. The molecule has 0 spiro atoms. The van der Waals surface area contributed by atoms with Crippen molar-refractivity contribution < 1.29 is 13.4 Å². The molecule has 0 radical (unpaired) electrons. The Labute approximate surface area is 213 Å². The molecule has 1 aromatic heterocycles. The van der Waals surface area contributed by atoms with Crippen molar-refractivity contribution in [3.63, 3.8) is 0 Å². The van der Waals surface area contributed by atoms with Crippen molar-refractivity contribution in [1.29, 1.82) is 0 Å². The van der Waals surface area contributed by atoms with E-state index in [1.807, 2.05) is 56.3 Å². The third-order valence-corrected chi connectivity index (χ3v) is 7.57. The molecule has 1 atom stereocenters. The van der Waals surface area contributed by atoms with Gasteiger partial charge in [-0.1, -0.05) is 35.9 Å². The van der Waals surface area contributed by atoms with Crippen molar-refractivity contribution in [2.45, 2.75) is 19.6 Å². The zero-order valence-corrected chi connectivity index (χ0v) is 21.7. The monoisotopic (exact) mass is 514 g/mol. The minimum absolute atomic E-state index is 0.0471. The van der Waals surface area contributed by atoms with Crippen LogP contribution in [-0.2, 0) is 21.3 Å². The number of piperazine rings is 1. The van der Waals surface area contributed by atoms with E-state index in [1.54, 1.807) is 0 Å². The highest BCUT2D eigenvalue weighted by Crippen LogP contribution is 2.25. The van der Waals surface area contributed by atoms with Gasteiger partial charge in [-0.25, -0.2) is 4.98 Å². The lowest BCUT2D eigenvalue weighted by Crippen LogP contribution is -2.48. The molecule has 0 unspecified atom stereocenters. The highest BCUT2D eigenvalue weighted by molar-refractivity contribution is 7.84. The molecule has 2 heterocycles. The first kappa shape index (κ1) is 25.4. The van der Waals surface area contributed by atoms with Crippen LogP contribution in [0.5, 0.6) is 0 Å². The van der Waals surface area contributed by atoms with Crippen LogP contribution in [0.1, 0.15) is 17.0 Å². The van der Waals surface area contributed by atoms with E-state index in [0.717, 1.165) is 54.6 Å². The van der Waals surface area contributed by atoms with E-state index in [9.17, 15) is 9.00 Å². The van der Waals surface area contributed by atoms with E-state index in [4.69, 9.17) is 16.0 Å². The fourth-order valence-corrected chi connectivity index (χ4v) is 5.40. The summed E-state index contributed by atoms with van der Waals surface area (Å²) < 4.78 is 18.4. The number of anilines is 1. The largest absolute Gasteiger partial charge is 0.441 e. The van der Waals surface area contributed by atoms with Gasteiger partial charge in [0.1, 0.15) is 11.5 Å². The van der Waals surface area contributed by atoms with Gasteiger partial charge in [-0.15, -0.1) is 0 Å². The third-order valence-electron chi connectivity index (χ3n) is 6.15. The summed E-state index contributed by atoms with van der Waals surface area (Å²) in [6, 6.07) is 15.8. The molecule has 1 aliphatic rings. The third kappa shape index (κ3) is 6.93. The van der Waals surface area contributed by atoms with Crippen molar-refractivity contribution in [2.24, 2.45) is 0 Å². The summed E-state index contributed by atoms with van der Waals surface area (Å²) in [5.74, 6) is 1.09. The number of amides is 1. The topological polar surface area (TPSA) is 78.7 Å². The molecule has 1 aliphatic heterocycles. The van der Waals surface area contributed by atoms with E-state index >= 15 is 0 Å². The molecule has 1 fully saturated rings. The van der Waals surface area contributed by atoms with Gasteiger partial charge in [0.2, 0.25) is 11.8 Å². The van der Waals surface area contributed by atoms with Gasteiger partial charge >= 0.3 is 0 Å². The van der Waals surface area contributed by atoms with Crippen LogP contribution >= 0.6 is 11.6 Å². The Morgan fingerprint density at radius 1 is 1.11 bits per heavy atom. The number of nitrogens with zero attached hydrogens (tertiary/aromatic N) is 3. The van der Waals surface area contributed by atoms with Crippen LogP contribution in [0.25, 0.3) is 11.5 Å². The Morgan fingerprint density at radius 2 is 1.89 bits per heavy atom. The van der Waals surface area contributed by atoms with Gasteiger partial charge in [0, 0.05) is 66.3 Å². The SMILES string of the molecule is Cc1ccccc1-c1nc(C[S@@](=O)CC(=O)NCCN2CCN(c3cccc(Cl)c3)CC2)c(C)o1. The number of benzene rings is 2. The Balaban J connectivity index is 1.18.